The average molecular weight is 285 g/mol. The molecule has 0 aliphatic rings. The molecule has 0 saturated carbocycles. The van der Waals surface area contributed by atoms with Crippen molar-refractivity contribution in [3.8, 4) is 0 Å². The number of hydrazine groups is 1. The number of rotatable bonds is 7. The average Bonchev–Trinajstić information content (AvgIpc) is 2.49. The van der Waals surface area contributed by atoms with Crippen LogP contribution in [0, 0.1) is 0 Å². The van der Waals surface area contributed by atoms with Crippen molar-refractivity contribution in [3.63, 3.8) is 0 Å². The summed E-state index contributed by atoms with van der Waals surface area (Å²) in [5.74, 6) is 5.96. The van der Waals surface area contributed by atoms with Crippen LogP contribution in [0.25, 0.3) is 0 Å². The van der Waals surface area contributed by atoms with Gasteiger partial charge < -0.3 is 10.8 Å². The highest BCUT2D eigenvalue weighted by atomic mass is 16.3. The Morgan fingerprint density at radius 2 is 1.43 bits per heavy atom. The van der Waals surface area contributed by atoms with Crippen molar-refractivity contribution in [1.82, 2.24) is 5.01 Å². The maximum atomic E-state index is 10.2. The maximum absolute atomic E-state index is 10.2. The smallest absolute Gasteiger partial charge is 0.0835 e. The molecule has 0 heterocycles. The summed E-state index contributed by atoms with van der Waals surface area (Å²) in [6.07, 6.45) is -0.0137. The third kappa shape index (κ3) is 5.28. The van der Waals surface area contributed by atoms with Crippen molar-refractivity contribution in [3.05, 3.63) is 71.8 Å². The molecule has 4 heteroatoms. The van der Waals surface area contributed by atoms with Crippen molar-refractivity contribution in [2.24, 2.45) is 11.6 Å². The highest BCUT2D eigenvalue weighted by Gasteiger charge is 2.17. The molecular weight excluding hydrogens is 262 g/mol. The molecule has 0 amide bonds. The predicted octanol–water partition coefficient (Wildman–Crippen LogP) is 1.29. The largest absolute Gasteiger partial charge is 0.390 e. The molecule has 0 radical (unpaired) electrons. The minimum absolute atomic E-state index is 0.325. The molecule has 2 rings (SSSR count). The number of nitrogens with zero attached hydrogens (tertiary/aromatic N) is 1. The summed E-state index contributed by atoms with van der Waals surface area (Å²) >= 11 is 0. The lowest BCUT2D eigenvalue weighted by atomic mass is 10.0. The molecule has 2 aromatic rings. The van der Waals surface area contributed by atoms with E-state index in [4.69, 9.17) is 11.6 Å². The van der Waals surface area contributed by atoms with Crippen LogP contribution in [0.1, 0.15) is 11.1 Å². The lowest BCUT2D eigenvalue weighted by Crippen LogP contribution is -2.46. The zero-order valence-electron chi connectivity index (χ0n) is 12.1. The van der Waals surface area contributed by atoms with Gasteiger partial charge >= 0.3 is 0 Å². The van der Waals surface area contributed by atoms with Gasteiger partial charge in [-0.15, -0.1) is 0 Å². The SMILES string of the molecule is N[C@@H](Cc1ccccc1)[C@@H](O)CN(N)Cc1ccccc1. The van der Waals surface area contributed by atoms with E-state index in [-0.39, 0.29) is 6.04 Å². The van der Waals surface area contributed by atoms with Gasteiger partial charge in [0, 0.05) is 19.1 Å². The molecule has 4 nitrogen and oxygen atoms in total. The van der Waals surface area contributed by atoms with Crippen molar-refractivity contribution in [1.29, 1.82) is 0 Å². The van der Waals surface area contributed by atoms with Gasteiger partial charge in [-0.25, -0.2) is 5.01 Å². The molecule has 0 unspecified atom stereocenters. The van der Waals surface area contributed by atoms with Crippen LogP contribution in [-0.4, -0.2) is 28.8 Å². The van der Waals surface area contributed by atoms with Crippen molar-refractivity contribution in [2.45, 2.75) is 25.1 Å². The van der Waals surface area contributed by atoms with E-state index >= 15 is 0 Å². The molecule has 0 aliphatic carbocycles. The Balaban J connectivity index is 1.81. The summed E-state index contributed by atoms with van der Waals surface area (Å²) < 4.78 is 0. The van der Waals surface area contributed by atoms with Crippen LogP contribution in [-0.2, 0) is 13.0 Å². The highest BCUT2D eigenvalue weighted by molar-refractivity contribution is 5.16. The van der Waals surface area contributed by atoms with Gasteiger partial charge in [-0.3, -0.25) is 5.84 Å². The van der Waals surface area contributed by atoms with Gasteiger partial charge in [0.25, 0.3) is 0 Å². The monoisotopic (exact) mass is 285 g/mol. The number of benzene rings is 2. The first-order chi connectivity index (χ1) is 10.1. The van der Waals surface area contributed by atoms with Crippen LogP contribution in [0.4, 0.5) is 0 Å². The van der Waals surface area contributed by atoms with Crippen LogP contribution in [0.3, 0.4) is 0 Å². The van der Waals surface area contributed by atoms with Gasteiger partial charge in [0.2, 0.25) is 0 Å². The van der Waals surface area contributed by atoms with E-state index in [9.17, 15) is 5.11 Å². The molecule has 0 spiro atoms. The second kappa shape index (κ2) is 7.90. The predicted molar refractivity (Wildman–Crippen MR) is 85.2 cm³/mol. The quantitative estimate of drug-likeness (QED) is 0.529. The van der Waals surface area contributed by atoms with E-state index in [1.54, 1.807) is 5.01 Å². The van der Waals surface area contributed by atoms with Crippen LogP contribution in [0.15, 0.2) is 60.7 Å². The van der Waals surface area contributed by atoms with Crippen molar-refractivity contribution >= 4 is 0 Å². The lowest BCUT2D eigenvalue weighted by Gasteiger charge is -2.24. The Labute approximate surface area is 126 Å². The van der Waals surface area contributed by atoms with Crippen LogP contribution >= 0.6 is 0 Å². The van der Waals surface area contributed by atoms with Crippen molar-refractivity contribution < 1.29 is 5.11 Å². The minimum Gasteiger partial charge on any atom is -0.390 e. The van der Waals surface area contributed by atoms with E-state index in [0.717, 1.165) is 11.1 Å². The second-order valence-electron chi connectivity index (χ2n) is 5.34. The molecule has 0 aromatic heterocycles. The van der Waals surface area contributed by atoms with E-state index in [2.05, 4.69) is 0 Å². The molecule has 112 valence electrons. The highest BCUT2D eigenvalue weighted by Crippen LogP contribution is 2.07. The minimum atomic E-state index is -0.654. The number of aliphatic hydroxyl groups is 1. The molecular formula is C17H23N3O. The molecule has 0 bridgehead atoms. The first-order valence-electron chi connectivity index (χ1n) is 7.16. The summed E-state index contributed by atoms with van der Waals surface area (Å²) in [4.78, 5) is 0. The number of hydrogen-bond acceptors (Lipinski definition) is 4. The molecule has 5 N–H and O–H groups in total. The maximum Gasteiger partial charge on any atom is 0.0835 e. The van der Waals surface area contributed by atoms with E-state index in [1.165, 1.54) is 0 Å². The van der Waals surface area contributed by atoms with Crippen LogP contribution in [0.2, 0.25) is 0 Å². The van der Waals surface area contributed by atoms with Gasteiger partial charge in [0.1, 0.15) is 0 Å². The van der Waals surface area contributed by atoms with Gasteiger partial charge in [-0.2, -0.15) is 0 Å². The summed E-state index contributed by atoms with van der Waals surface area (Å²) in [7, 11) is 0. The third-order valence-electron chi connectivity index (χ3n) is 3.46. The summed E-state index contributed by atoms with van der Waals surface area (Å²) in [5.41, 5.74) is 8.29. The normalized spacial score (nSPS) is 14.1. The zero-order chi connectivity index (χ0) is 15.1. The third-order valence-corrected chi connectivity index (χ3v) is 3.46. The fourth-order valence-electron chi connectivity index (χ4n) is 2.28. The summed E-state index contributed by atoms with van der Waals surface area (Å²) in [6.45, 7) is 0.943. The zero-order valence-corrected chi connectivity index (χ0v) is 12.1. The van der Waals surface area contributed by atoms with Crippen LogP contribution < -0.4 is 11.6 Å². The Hall–Kier alpha value is -1.72. The molecule has 0 fully saturated rings. The summed E-state index contributed by atoms with van der Waals surface area (Å²) in [5, 5.41) is 11.8. The fraction of sp³-hybridized carbons (Fsp3) is 0.294. The molecule has 0 aliphatic heterocycles. The van der Waals surface area contributed by atoms with Gasteiger partial charge in [-0.1, -0.05) is 60.7 Å². The van der Waals surface area contributed by atoms with Gasteiger partial charge in [0.05, 0.1) is 6.10 Å². The Bertz CT molecular complexity index is 518. The van der Waals surface area contributed by atoms with Crippen molar-refractivity contribution in [2.75, 3.05) is 6.54 Å². The first kappa shape index (κ1) is 15.7. The van der Waals surface area contributed by atoms with Gasteiger partial charge in [-0.05, 0) is 17.5 Å². The molecule has 2 atom stereocenters. The number of aliphatic hydroxyl groups excluding tert-OH is 1. The molecule has 0 saturated heterocycles. The number of hydrogen-bond donors (Lipinski definition) is 3. The standard InChI is InChI=1S/C17H23N3O/c18-16(11-14-7-3-1-4-8-14)17(21)13-20(19)12-15-9-5-2-6-10-15/h1-10,16-17,21H,11-13,18-19H2/t16-,17-/m0/s1. The first-order valence-corrected chi connectivity index (χ1v) is 7.16. The second-order valence-corrected chi connectivity index (χ2v) is 5.34. The lowest BCUT2D eigenvalue weighted by molar-refractivity contribution is 0.0877. The number of nitrogens with two attached hydrogens (primary N) is 2. The Morgan fingerprint density at radius 3 is 2.00 bits per heavy atom. The Morgan fingerprint density at radius 1 is 0.905 bits per heavy atom. The van der Waals surface area contributed by atoms with E-state index < -0.39 is 6.10 Å². The van der Waals surface area contributed by atoms with Gasteiger partial charge in [0.15, 0.2) is 0 Å². The molecule has 2 aromatic carbocycles. The topological polar surface area (TPSA) is 75.5 Å². The summed E-state index contributed by atoms with van der Waals surface area (Å²) in [6, 6.07) is 19.5. The van der Waals surface area contributed by atoms with E-state index in [0.29, 0.717) is 19.5 Å². The van der Waals surface area contributed by atoms with E-state index in [1.807, 2.05) is 60.7 Å². The molecule has 21 heavy (non-hydrogen) atoms. The van der Waals surface area contributed by atoms with Crippen LogP contribution in [0.5, 0.6) is 0 Å². The Kier molecular flexibility index (Phi) is 5.90. The fourth-order valence-corrected chi connectivity index (χ4v) is 2.28.